The first-order valence-corrected chi connectivity index (χ1v) is 9.66. The highest BCUT2D eigenvalue weighted by molar-refractivity contribution is 7.99. The van der Waals surface area contributed by atoms with Gasteiger partial charge in [0, 0.05) is 10.9 Å². The number of aromatic nitrogens is 4. The molecule has 3 aromatic rings. The van der Waals surface area contributed by atoms with E-state index in [0.717, 1.165) is 17.3 Å². The van der Waals surface area contributed by atoms with Crippen LogP contribution in [0.2, 0.25) is 0 Å². The van der Waals surface area contributed by atoms with Crippen molar-refractivity contribution in [3.8, 4) is 22.8 Å². The van der Waals surface area contributed by atoms with Gasteiger partial charge >= 0.3 is 5.69 Å². The lowest BCUT2D eigenvalue weighted by Gasteiger charge is -2.08. The van der Waals surface area contributed by atoms with Gasteiger partial charge in [0.1, 0.15) is 0 Å². The summed E-state index contributed by atoms with van der Waals surface area (Å²) in [4.78, 5) is 41.0. The molecule has 3 rings (SSSR count). The fourth-order valence-corrected chi connectivity index (χ4v) is 3.55. The molecule has 0 unspecified atom stereocenters. The van der Waals surface area contributed by atoms with E-state index in [4.69, 9.17) is 9.47 Å². The second kappa shape index (κ2) is 8.71. The Morgan fingerprint density at radius 1 is 1.25 bits per heavy atom. The normalized spacial score (nSPS) is 10.5. The Morgan fingerprint density at radius 2 is 2.04 bits per heavy atom. The molecule has 1 aromatic carbocycles. The van der Waals surface area contributed by atoms with Crippen molar-refractivity contribution in [1.82, 2.24) is 20.2 Å². The first-order valence-electron chi connectivity index (χ1n) is 7.79. The number of methoxy groups -OCH3 is 2. The number of H-pyrrole nitrogens is 2. The van der Waals surface area contributed by atoms with Crippen LogP contribution in [-0.4, -0.2) is 46.0 Å². The van der Waals surface area contributed by atoms with Gasteiger partial charge in [0.05, 0.1) is 25.7 Å². The lowest BCUT2D eigenvalue weighted by molar-refractivity contribution is -0.113. The van der Waals surface area contributed by atoms with Crippen LogP contribution in [0.1, 0.15) is 0 Å². The molecule has 0 spiro atoms. The molecule has 0 aliphatic rings. The molecule has 3 N–H and O–H groups in total. The smallest absolute Gasteiger partial charge is 0.342 e. The number of hydrogen-bond donors (Lipinski definition) is 3. The third-order valence-corrected chi connectivity index (χ3v) is 5.16. The second-order valence-corrected chi connectivity index (χ2v) is 7.08. The summed E-state index contributed by atoms with van der Waals surface area (Å²) in [5.74, 6) is 0.769. The van der Waals surface area contributed by atoms with Crippen molar-refractivity contribution in [1.29, 1.82) is 0 Å². The number of anilines is 1. The molecule has 0 bridgehead atoms. The number of thioether (sulfide) groups is 1. The SMILES string of the molecule is COc1ccc(-c2csc(NC(=O)CSc3n[nH]c(=O)[nH]c3=O)n2)cc1OC. The van der Waals surface area contributed by atoms with Crippen LogP contribution >= 0.6 is 23.1 Å². The van der Waals surface area contributed by atoms with E-state index in [1.54, 1.807) is 31.7 Å². The number of hydrogen-bond acceptors (Lipinski definition) is 9. The van der Waals surface area contributed by atoms with E-state index >= 15 is 0 Å². The van der Waals surface area contributed by atoms with Crippen LogP contribution in [0.4, 0.5) is 5.13 Å². The average Bonchev–Trinajstić information content (AvgIpc) is 3.15. The molecule has 0 fully saturated rings. The summed E-state index contributed by atoms with van der Waals surface area (Å²) in [7, 11) is 3.11. The van der Waals surface area contributed by atoms with Gasteiger partial charge in [0.25, 0.3) is 5.56 Å². The van der Waals surface area contributed by atoms with Crippen LogP contribution in [0, 0.1) is 0 Å². The zero-order valence-corrected chi connectivity index (χ0v) is 16.4. The van der Waals surface area contributed by atoms with E-state index < -0.39 is 11.2 Å². The van der Waals surface area contributed by atoms with E-state index in [1.165, 1.54) is 11.3 Å². The van der Waals surface area contributed by atoms with Crippen LogP contribution in [0.15, 0.2) is 38.2 Å². The van der Waals surface area contributed by atoms with E-state index in [9.17, 15) is 14.4 Å². The van der Waals surface area contributed by atoms with Gasteiger partial charge in [-0.1, -0.05) is 11.8 Å². The quantitative estimate of drug-likeness (QED) is 0.486. The van der Waals surface area contributed by atoms with Gasteiger partial charge in [0.2, 0.25) is 5.91 Å². The molecule has 28 heavy (non-hydrogen) atoms. The summed E-state index contributed by atoms with van der Waals surface area (Å²) in [6.45, 7) is 0. The lowest BCUT2D eigenvalue weighted by atomic mass is 10.1. The van der Waals surface area contributed by atoms with Crippen molar-refractivity contribution in [3.63, 3.8) is 0 Å². The topological polar surface area (TPSA) is 139 Å². The Bertz CT molecular complexity index is 1110. The highest BCUT2D eigenvalue weighted by Gasteiger charge is 2.12. The van der Waals surface area contributed by atoms with Gasteiger partial charge in [-0.05, 0) is 18.2 Å². The summed E-state index contributed by atoms with van der Waals surface area (Å²) in [5.41, 5.74) is 0.135. The monoisotopic (exact) mass is 421 g/mol. The molecular weight excluding hydrogens is 406 g/mol. The number of aromatic amines is 2. The molecule has 12 heteroatoms. The van der Waals surface area contributed by atoms with Crippen molar-refractivity contribution in [3.05, 3.63) is 44.4 Å². The molecule has 0 aliphatic carbocycles. The van der Waals surface area contributed by atoms with Gasteiger partial charge in [0.15, 0.2) is 21.7 Å². The summed E-state index contributed by atoms with van der Waals surface area (Å²) < 4.78 is 10.5. The summed E-state index contributed by atoms with van der Waals surface area (Å²) in [6.07, 6.45) is 0. The first kappa shape index (κ1) is 19.6. The van der Waals surface area contributed by atoms with Crippen molar-refractivity contribution in [2.24, 2.45) is 0 Å². The zero-order chi connectivity index (χ0) is 20.1. The molecule has 1 amide bonds. The van der Waals surface area contributed by atoms with Crippen molar-refractivity contribution >= 4 is 34.1 Å². The average molecular weight is 421 g/mol. The maximum Gasteiger partial charge on any atom is 0.342 e. The Balaban J connectivity index is 1.65. The number of thiazole rings is 1. The highest BCUT2D eigenvalue weighted by Crippen LogP contribution is 2.33. The van der Waals surface area contributed by atoms with Crippen molar-refractivity contribution < 1.29 is 14.3 Å². The van der Waals surface area contributed by atoms with Gasteiger partial charge in [-0.3, -0.25) is 14.6 Å². The van der Waals surface area contributed by atoms with Crippen molar-refractivity contribution in [2.75, 3.05) is 25.3 Å². The highest BCUT2D eigenvalue weighted by atomic mass is 32.2. The van der Waals surface area contributed by atoms with E-state index in [0.29, 0.717) is 22.3 Å². The fraction of sp³-hybridized carbons (Fsp3) is 0.188. The van der Waals surface area contributed by atoms with E-state index in [-0.39, 0.29) is 16.7 Å². The second-order valence-electron chi connectivity index (χ2n) is 5.26. The predicted octanol–water partition coefficient (Wildman–Crippen LogP) is 1.33. The molecule has 0 saturated heterocycles. The largest absolute Gasteiger partial charge is 0.493 e. The van der Waals surface area contributed by atoms with Crippen LogP contribution < -0.4 is 26.0 Å². The van der Waals surface area contributed by atoms with Crippen LogP contribution in [0.25, 0.3) is 11.3 Å². The number of carbonyl (C=O) groups is 1. The number of nitrogens with zero attached hydrogens (tertiary/aromatic N) is 2. The molecule has 10 nitrogen and oxygen atoms in total. The van der Waals surface area contributed by atoms with Gasteiger partial charge in [-0.15, -0.1) is 11.3 Å². The third-order valence-electron chi connectivity index (χ3n) is 3.45. The standard InChI is InChI=1S/C16H15N5O5S2/c1-25-10-4-3-8(5-11(10)26-2)9-6-28-16(17-9)18-12(22)7-27-14-13(23)19-15(24)21-20-14/h3-6H,7H2,1-2H3,(H,17,18,22)(H2,19,21,23,24). The summed E-state index contributed by atoms with van der Waals surface area (Å²) in [5, 5.41) is 10.6. The molecule has 2 heterocycles. The van der Waals surface area contributed by atoms with E-state index in [1.807, 2.05) is 11.1 Å². The van der Waals surface area contributed by atoms with E-state index in [2.05, 4.69) is 20.5 Å². The third kappa shape index (κ3) is 4.58. The molecule has 0 radical (unpaired) electrons. The number of amides is 1. The Hall–Kier alpha value is -3.12. The van der Waals surface area contributed by atoms with Gasteiger partial charge in [-0.2, -0.15) is 5.10 Å². The van der Waals surface area contributed by atoms with Crippen LogP contribution in [-0.2, 0) is 4.79 Å². The molecule has 0 saturated carbocycles. The molecule has 146 valence electrons. The number of benzene rings is 1. The molecule has 0 aliphatic heterocycles. The summed E-state index contributed by atoms with van der Waals surface area (Å²) >= 11 is 2.17. The maximum absolute atomic E-state index is 12.1. The predicted molar refractivity (Wildman–Crippen MR) is 105 cm³/mol. The Kier molecular flexibility index (Phi) is 6.11. The van der Waals surface area contributed by atoms with Gasteiger partial charge in [-0.25, -0.2) is 14.9 Å². The lowest BCUT2D eigenvalue weighted by Crippen LogP contribution is -2.25. The maximum atomic E-state index is 12.1. The fourth-order valence-electron chi connectivity index (χ4n) is 2.18. The Labute approximate surface area is 166 Å². The molecular formula is C16H15N5O5S2. The van der Waals surface area contributed by atoms with Gasteiger partial charge < -0.3 is 14.8 Å². The minimum atomic E-state index is -0.704. The minimum Gasteiger partial charge on any atom is -0.493 e. The molecule has 2 aromatic heterocycles. The minimum absolute atomic E-state index is 0.0000873. The zero-order valence-electron chi connectivity index (χ0n) is 14.8. The number of nitrogens with one attached hydrogen (secondary N) is 3. The number of carbonyl (C=O) groups excluding carboxylic acids is 1. The van der Waals surface area contributed by atoms with Crippen molar-refractivity contribution in [2.45, 2.75) is 5.03 Å². The summed E-state index contributed by atoms with van der Waals surface area (Å²) in [6, 6.07) is 5.41. The van der Waals surface area contributed by atoms with Crippen LogP contribution in [0.3, 0.4) is 0 Å². The molecule has 0 atom stereocenters. The number of rotatable bonds is 7. The Morgan fingerprint density at radius 3 is 2.75 bits per heavy atom. The first-order chi connectivity index (χ1) is 13.5. The number of ether oxygens (including phenoxy) is 2. The van der Waals surface area contributed by atoms with Crippen LogP contribution in [0.5, 0.6) is 11.5 Å².